The zero-order valence-electron chi connectivity index (χ0n) is 33.1. The molecule has 17 nitrogen and oxygen atoms in total. The van der Waals surface area contributed by atoms with E-state index in [2.05, 4.69) is 31.6 Å². The summed E-state index contributed by atoms with van der Waals surface area (Å²) in [7, 11) is 1.58. The Hall–Kier alpha value is -6.67. The summed E-state index contributed by atoms with van der Waals surface area (Å²) in [5, 5.41) is 24.7. The predicted octanol–water partition coefficient (Wildman–Crippen LogP) is 3.83. The van der Waals surface area contributed by atoms with Gasteiger partial charge in [-0.25, -0.2) is 4.52 Å². The Balaban J connectivity index is 0.721. The van der Waals surface area contributed by atoms with Crippen molar-refractivity contribution in [1.29, 1.82) is 5.26 Å². The number of methoxy groups -OCH3 is 1. The molecule has 60 heavy (non-hydrogen) atoms. The fourth-order valence-corrected chi connectivity index (χ4v) is 9.54. The number of nitrogens with zero attached hydrogens (tertiary/aromatic N) is 8. The molecule has 4 amide bonds. The van der Waals surface area contributed by atoms with Crippen molar-refractivity contribution in [2.45, 2.75) is 56.5 Å². The van der Waals surface area contributed by atoms with Gasteiger partial charge in [-0.05, 0) is 62.4 Å². The van der Waals surface area contributed by atoms with Gasteiger partial charge in [0.15, 0.2) is 11.5 Å². The fourth-order valence-electron chi connectivity index (χ4n) is 9.54. The molecule has 7 heterocycles. The molecule has 0 bridgehead atoms. The first-order valence-corrected chi connectivity index (χ1v) is 20.5. The Morgan fingerprint density at radius 3 is 2.50 bits per heavy atom. The SMILES string of the molecule is COc1cc(N2CC(C(=O)N3CCN(C4CCC(n5cc6cc(NC(=O)c7ccc8cc(C#N)cnn78)c7c(c6n5)OCO7)CC4)CC3)C2)ccc1[C@H]1CCC(=O)NC1=O. The number of carbonyl (C=O) groups excluding carboxylic acids is 4. The largest absolute Gasteiger partial charge is 0.496 e. The normalized spacial score (nSPS) is 22.1. The van der Waals surface area contributed by atoms with Crippen LogP contribution < -0.4 is 29.7 Å². The van der Waals surface area contributed by atoms with E-state index in [0.717, 1.165) is 68.5 Å². The van der Waals surface area contributed by atoms with Gasteiger partial charge in [-0.1, -0.05) is 6.07 Å². The summed E-state index contributed by atoms with van der Waals surface area (Å²) in [5.74, 6) is 0.386. The van der Waals surface area contributed by atoms with Crippen molar-refractivity contribution in [3.63, 3.8) is 0 Å². The quantitative estimate of drug-likeness (QED) is 0.216. The zero-order chi connectivity index (χ0) is 41.1. The highest BCUT2D eigenvalue weighted by Crippen LogP contribution is 2.46. The molecular weight excluding hydrogens is 769 g/mol. The number of fused-ring (bicyclic) bond motifs is 4. The molecule has 2 aromatic carbocycles. The third-order valence-corrected chi connectivity index (χ3v) is 12.9. The van der Waals surface area contributed by atoms with E-state index in [1.807, 2.05) is 40.0 Å². The maximum Gasteiger partial charge on any atom is 0.274 e. The molecule has 308 valence electrons. The lowest BCUT2D eigenvalue weighted by Crippen LogP contribution is -2.59. The van der Waals surface area contributed by atoms with E-state index >= 15 is 0 Å². The highest BCUT2D eigenvalue weighted by atomic mass is 16.7. The minimum Gasteiger partial charge on any atom is -0.496 e. The standard InChI is InChI=1S/C43H44N10O7/c1-58-36-18-30(6-8-32(36)33-9-11-37(54)47-41(33)55)51-21-27(22-51)43(57)50-14-12-49(13-15-50)28-2-4-29(5-3-28)52-23-26-17-34(39-40(38(26)48-52)60-24-59-39)46-42(56)35-10-7-31-16-25(19-44)20-45-53(31)35/h6-8,10,16-18,20,23,27-29,33H,2-5,9,11-15,21-22,24H2,1H3,(H,46,56)(H,47,54,55)/t28?,29?,33-/m1/s1. The van der Waals surface area contributed by atoms with Crippen molar-refractivity contribution >= 4 is 51.4 Å². The van der Waals surface area contributed by atoms with Gasteiger partial charge in [-0.2, -0.15) is 15.5 Å². The fraction of sp³-hybridized carbons (Fsp3) is 0.419. The molecule has 2 N–H and O–H groups in total. The minimum absolute atomic E-state index is 0.0273. The number of hydrogen-bond donors (Lipinski definition) is 2. The second kappa shape index (κ2) is 15.2. The van der Waals surface area contributed by atoms with Gasteiger partial charge in [0.1, 0.15) is 23.0 Å². The third-order valence-electron chi connectivity index (χ3n) is 12.9. The van der Waals surface area contributed by atoms with Crippen LogP contribution in [0.15, 0.2) is 54.9 Å². The summed E-state index contributed by atoms with van der Waals surface area (Å²) in [4.78, 5) is 57.8. The van der Waals surface area contributed by atoms with Crippen LogP contribution in [0.4, 0.5) is 11.4 Å². The van der Waals surface area contributed by atoms with Crippen LogP contribution in [-0.4, -0.2) is 112 Å². The molecule has 1 saturated carbocycles. The highest BCUT2D eigenvalue weighted by molar-refractivity contribution is 6.07. The first-order valence-electron chi connectivity index (χ1n) is 20.5. The Bertz CT molecular complexity index is 2590. The van der Waals surface area contributed by atoms with Crippen LogP contribution in [0, 0.1) is 17.2 Å². The van der Waals surface area contributed by atoms with Gasteiger partial charge in [0.05, 0.1) is 48.0 Å². The van der Waals surface area contributed by atoms with Crippen LogP contribution in [0.2, 0.25) is 0 Å². The predicted molar refractivity (Wildman–Crippen MR) is 217 cm³/mol. The molecule has 0 unspecified atom stereocenters. The molecule has 3 saturated heterocycles. The number of benzene rings is 2. The molecule has 1 aliphatic carbocycles. The van der Waals surface area contributed by atoms with E-state index in [1.165, 1.54) is 10.7 Å². The number of hydrogen-bond acceptors (Lipinski definition) is 12. The second-order valence-corrected chi connectivity index (χ2v) is 16.3. The van der Waals surface area contributed by atoms with E-state index in [9.17, 15) is 24.4 Å². The topological polar surface area (TPSA) is 189 Å². The Morgan fingerprint density at radius 2 is 1.73 bits per heavy atom. The molecule has 5 aliphatic rings. The molecule has 3 aromatic heterocycles. The zero-order valence-corrected chi connectivity index (χ0v) is 33.1. The molecule has 0 radical (unpaired) electrons. The van der Waals surface area contributed by atoms with Crippen molar-refractivity contribution in [3.8, 4) is 23.3 Å². The van der Waals surface area contributed by atoms with Crippen molar-refractivity contribution in [2.75, 3.05) is 63.4 Å². The van der Waals surface area contributed by atoms with Crippen LogP contribution in [0.25, 0.3) is 16.4 Å². The van der Waals surface area contributed by atoms with E-state index < -0.39 is 5.92 Å². The van der Waals surface area contributed by atoms with Crippen molar-refractivity contribution < 1.29 is 33.4 Å². The Labute approximate surface area is 344 Å². The monoisotopic (exact) mass is 812 g/mol. The first-order chi connectivity index (χ1) is 29.2. The van der Waals surface area contributed by atoms with Crippen LogP contribution in [-0.2, 0) is 14.4 Å². The molecule has 5 aromatic rings. The molecular formula is C43H44N10O7. The number of carbonyl (C=O) groups is 4. The van der Waals surface area contributed by atoms with E-state index in [1.54, 1.807) is 25.3 Å². The van der Waals surface area contributed by atoms with Crippen LogP contribution in [0.1, 0.15) is 72.1 Å². The molecule has 1 atom stereocenters. The number of nitriles is 1. The van der Waals surface area contributed by atoms with Gasteiger partial charge >= 0.3 is 0 Å². The smallest absolute Gasteiger partial charge is 0.274 e. The summed E-state index contributed by atoms with van der Waals surface area (Å²) < 4.78 is 20.9. The molecule has 4 fully saturated rings. The van der Waals surface area contributed by atoms with E-state index in [0.29, 0.717) is 77.2 Å². The number of anilines is 2. The van der Waals surface area contributed by atoms with Crippen molar-refractivity contribution in [3.05, 3.63) is 71.7 Å². The minimum atomic E-state index is -0.424. The van der Waals surface area contributed by atoms with E-state index in [4.69, 9.17) is 19.3 Å². The summed E-state index contributed by atoms with van der Waals surface area (Å²) in [5.41, 5.74) is 4.28. The van der Waals surface area contributed by atoms with Gasteiger partial charge in [0, 0.05) is 80.6 Å². The average molecular weight is 813 g/mol. The maximum absolute atomic E-state index is 13.6. The second-order valence-electron chi connectivity index (χ2n) is 16.3. The number of aromatic nitrogens is 4. The summed E-state index contributed by atoms with van der Waals surface area (Å²) in [6.07, 6.45) is 8.22. The third kappa shape index (κ3) is 6.70. The molecule has 10 rings (SSSR count). The lowest BCUT2D eigenvalue weighted by Gasteiger charge is -2.45. The van der Waals surface area contributed by atoms with Gasteiger partial charge < -0.3 is 29.3 Å². The van der Waals surface area contributed by atoms with Gasteiger partial charge in [-0.3, -0.25) is 34.1 Å². The van der Waals surface area contributed by atoms with Crippen LogP contribution in [0.3, 0.4) is 0 Å². The van der Waals surface area contributed by atoms with Gasteiger partial charge in [-0.15, -0.1) is 0 Å². The van der Waals surface area contributed by atoms with Crippen LogP contribution >= 0.6 is 0 Å². The number of amides is 4. The Kier molecular flexibility index (Phi) is 9.51. The average Bonchev–Trinajstić information content (AvgIpc) is 4.02. The van der Waals surface area contributed by atoms with Gasteiger partial charge in [0.25, 0.3) is 5.91 Å². The number of rotatable bonds is 8. The van der Waals surface area contributed by atoms with Crippen molar-refractivity contribution in [2.24, 2.45) is 5.92 Å². The summed E-state index contributed by atoms with van der Waals surface area (Å²) >= 11 is 0. The number of nitrogens with one attached hydrogen (secondary N) is 2. The highest BCUT2D eigenvalue weighted by Gasteiger charge is 2.39. The lowest BCUT2D eigenvalue weighted by atomic mass is 9.89. The molecule has 0 spiro atoms. The number of piperazine rings is 1. The molecule has 4 aliphatic heterocycles. The lowest BCUT2D eigenvalue weighted by molar-refractivity contribution is -0.138. The van der Waals surface area contributed by atoms with E-state index in [-0.39, 0.29) is 42.4 Å². The number of imide groups is 1. The Morgan fingerprint density at radius 1 is 0.950 bits per heavy atom. The number of piperidine rings is 1. The number of ether oxygens (including phenoxy) is 3. The van der Waals surface area contributed by atoms with Gasteiger partial charge in [0.2, 0.25) is 24.5 Å². The maximum atomic E-state index is 13.6. The first kappa shape index (κ1) is 37.6. The van der Waals surface area contributed by atoms with Crippen LogP contribution in [0.5, 0.6) is 17.2 Å². The van der Waals surface area contributed by atoms with Crippen molar-refractivity contribution in [1.82, 2.24) is 34.5 Å². The molecule has 17 heteroatoms. The summed E-state index contributed by atoms with van der Waals surface area (Å²) in [6, 6.07) is 15.5. The summed E-state index contributed by atoms with van der Waals surface area (Å²) in [6.45, 7) is 4.46.